The molecular formula is C68H122N28O20. The van der Waals surface area contributed by atoms with Gasteiger partial charge in [0.15, 0.2) is 11.9 Å². The van der Waals surface area contributed by atoms with Crippen molar-refractivity contribution in [3.63, 3.8) is 0 Å². The molecule has 116 heavy (non-hydrogen) atoms. The molecule has 654 valence electrons. The van der Waals surface area contributed by atoms with Crippen LogP contribution in [0.4, 0.5) is 0 Å². The lowest BCUT2D eigenvalue weighted by Crippen LogP contribution is -2.61. The molecule has 2 aliphatic heterocycles. The zero-order chi connectivity index (χ0) is 87.0. The third kappa shape index (κ3) is 40.7. The maximum Gasteiger partial charge on any atom is 0.245 e. The Kier molecular flexibility index (Phi) is 48.1. The van der Waals surface area contributed by atoms with Crippen molar-refractivity contribution in [2.45, 2.75) is 246 Å². The van der Waals surface area contributed by atoms with E-state index >= 15 is 0 Å². The third-order valence-corrected chi connectivity index (χ3v) is 18.1. The maximum absolute atomic E-state index is 14.9. The molecule has 2 aliphatic rings. The van der Waals surface area contributed by atoms with Crippen LogP contribution >= 0.6 is 0 Å². The van der Waals surface area contributed by atoms with Crippen LogP contribution in [-0.4, -0.2) is 272 Å². The summed E-state index contributed by atoms with van der Waals surface area (Å²) in [6, 6.07) is -21.6. The van der Waals surface area contributed by atoms with E-state index in [-0.39, 0.29) is 173 Å². The summed E-state index contributed by atoms with van der Waals surface area (Å²) in [5.74, 6) is -19.5. The van der Waals surface area contributed by atoms with Crippen molar-refractivity contribution < 1.29 is 96.5 Å². The summed E-state index contributed by atoms with van der Waals surface area (Å²) in [6.45, 7) is -0.882. The Labute approximate surface area is 669 Å². The molecule has 18 amide bonds. The van der Waals surface area contributed by atoms with Crippen molar-refractivity contribution in [2.75, 3.05) is 59.0 Å². The molecule has 0 unspecified atom stereocenters. The van der Waals surface area contributed by atoms with E-state index in [1.165, 1.54) is 6.92 Å². The summed E-state index contributed by atoms with van der Waals surface area (Å²) in [4.78, 5) is 257. The first-order valence-electron chi connectivity index (χ1n) is 38.5. The van der Waals surface area contributed by atoms with Gasteiger partial charge in [-0.05, 0) is 155 Å². The highest BCUT2D eigenvalue weighted by molar-refractivity contribution is 6.02. The summed E-state index contributed by atoms with van der Waals surface area (Å²) in [5, 5.41) is 57.5. The average molecular weight is 1650 g/mol. The number of nitrogens with two attached hydrogens (primary N) is 11. The highest BCUT2D eigenvalue weighted by Gasteiger charge is 2.39. The second-order valence-corrected chi connectivity index (χ2v) is 27.9. The molecule has 48 heteroatoms. The molecule has 48 nitrogen and oxygen atoms in total. The molecule has 0 aromatic rings. The Hall–Kier alpha value is -11.2. The van der Waals surface area contributed by atoms with Crippen LogP contribution in [0.25, 0.3) is 0 Å². The van der Waals surface area contributed by atoms with Gasteiger partial charge < -0.3 is 153 Å². The van der Waals surface area contributed by atoms with Crippen molar-refractivity contribution in [1.82, 2.24) is 79.8 Å². The Morgan fingerprint density at radius 3 is 1.38 bits per heavy atom. The lowest BCUT2D eigenvalue weighted by molar-refractivity contribution is -0.137. The summed E-state index contributed by atoms with van der Waals surface area (Å²) >= 11 is 0. The van der Waals surface area contributed by atoms with Gasteiger partial charge >= 0.3 is 0 Å². The van der Waals surface area contributed by atoms with Gasteiger partial charge in [-0.2, -0.15) is 0 Å². The van der Waals surface area contributed by atoms with E-state index in [9.17, 15) is 96.5 Å². The SMILES string of the molecule is C[C@@H](O)[C@H](N)C(=O)NCC(=O)N[C@H]1CCCCNC(=O)C[C@@H](C(=O)N[C@@H](CCCN=C(N)N)C(=O)N[C@@H](CCCCN)C(=O)N[C@H]2CCCCNC(=O)C[C@@H](C(N)=O)NC(=O)[C@H](CCC(N)=O)NC(=O)[C@H](CC(N)=O)NC(=O)[C@H](CCCCN)NC2=O)NC(=O)[C@H](CO)NC(=O)[C@H](CCCCN)NC(=O)[C@H](CCCN=C(N)N)NC1=O. The van der Waals surface area contributed by atoms with Gasteiger partial charge in [0, 0.05) is 32.6 Å². The van der Waals surface area contributed by atoms with Gasteiger partial charge in [-0.3, -0.25) is 96.3 Å². The average Bonchev–Trinajstić information content (AvgIpc) is 0.860. The van der Waals surface area contributed by atoms with E-state index in [1.807, 2.05) is 0 Å². The van der Waals surface area contributed by atoms with Gasteiger partial charge in [0.25, 0.3) is 0 Å². The zero-order valence-corrected chi connectivity index (χ0v) is 65.4. The summed E-state index contributed by atoms with van der Waals surface area (Å²) in [7, 11) is 0. The van der Waals surface area contributed by atoms with Gasteiger partial charge in [0.1, 0.15) is 78.5 Å². The van der Waals surface area contributed by atoms with E-state index in [4.69, 9.17) is 63.1 Å². The number of carbonyl (C=O) groups is 18. The number of amides is 18. The molecule has 2 saturated heterocycles. The fourth-order valence-electron chi connectivity index (χ4n) is 11.6. The number of hydrogen-bond acceptors (Lipinski definition) is 26. The Balaban J connectivity index is 2.82. The molecular weight excluding hydrogens is 1530 g/mol. The molecule has 2 fully saturated rings. The van der Waals surface area contributed by atoms with Crippen molar-refractivity contribution in [1.29, 1.82) is 0 Å². The molecule has 0 aromatic carbocycles. The quantitative estimate of drug-likeness (QED) is 0.0155. The number of unbranched alkanes of at least 4 members (excludes halogenated alkanes) is 3. The number of hydrogen-bond donors (Lipinski definition) is 28. The van der Waals surface area contributed by atoms with E-state index in [1.54, 1.807) is 0 Å². The molecule has 14 atom stereocenters. The molecule has 0 aliphatic carbocycles. The topological polar surface area (TPSA) is 839 Å². The number of nitrogens with zero attached hydrogens (tertiary/aromatic N) is 2. The third-order valence-electron chi connectivity index (χ3n) is 18.1. The molecule has 0 aromatic heterocycles. The van der Waals surface area contributed by atoms with Gasteiger partial charge in [-0.1, -0.05) is 0 Å². The van der Waals surface area contributed by atoms with Crippen molar-refractivity contribution in [2.24, 2.45) is 73.1 Å². The lowest BCUT2D eigenvalue weighted by atomic mass is 10.0. The number of aliphatic hydroxyl groups excluding tert-OH is 2. The first kappa shape index (κ1) is 101. The normalized spacial score (nSPS) is 22.8. The standard InChI is InChI=1S/C68H122N28O20/c1-35(98)53(74)66(116)84-33-52(103)85-36-17-5-10-27-81-51(102)32-46(95-65(115)47(34-97)96-61(111)39(16-4-9-25-71)88-58(108)41(90-55(36)105)19-12-28-82-67(76)77)64(114)91-42(20-13-29-83-68(78)79)59(109)86-37(14-2-7-23-69)56(106)89-40-18-6-11-26-80-50(101)31-44(54(75)104)93-62(112)43(21-22-48(72)99)92-63(113)45(30-49(73)100)94-60(110)38(87-57(40)107)15-3-8-24-70/h35-47,53,97-98H,2-34,69-71,74H2,1H3,(H2,72,99)(H2,73,100)(H2,75,104)(H,80,101)(H,81,102)(H,84,116)(H,85,103)(H,86,109)(H,87,107)(H,88,108)(H,89,106)(H,90,105)(H,91,114)(H,92,113)(H,93,112)(H,94,110)(H,95,115)(H,96,111)(H4,76,77,82)(H4,78,79,83)/t35-,36+,37+,38+,39+,40+,41+,42+,43+,44+,45+,46+,47+,53+/m1/s1. The van der Waals surface area contributed by atoms with Crippen LogP contribution in [0.5, 0.6) is 0 Å². The smallest absolute Gasteiger partial charge is 0.245 e. The van der Waals surface area contributed by atoms with E-state index in [2.05, 4.69) is 89.7 Å². The second kappa shape index (κ2) is 55.3. The van der Waals surface area contributed by atoms with Crippen LogP contribution < -0.4 is 143 Å². The Morgan fingerprint density at radius 1 is 0.466 bits per heavy atom. The highest BCUT2D eigenvalue weighted by Crippen LogP contribution is 2.14. The second-order valence-electron chi connectivity index (χ2n) is 27.9. The van der Waals surface area contributed by atoms with Crippen LogP contribution in [0, 0.1) is 0 Å². The van der Waals surface area contributed by atoms with Crippen LogP contribution in [-0.2, 0) is 86.3 Å². The van der Waals surface area contributed by atoms with Crippen molar-refractivity contribution in [3.05, 3.63) is 0 Å². The van der Waals surface area contributed by atoms with E-state index < -0.39 is 236 Å². The van der Waals surface area contributed by atoms with E-state index in [0.717, 1.165) is 0 Å². The van der Waals surface area contributed by atoms with Gasteiger partial charge in [0.2, 0.25) is 106 Å². The summed E-state index contributed by atoms with van der Waals surface area (Å²) in [5.41, 5.74) is 61.8. The van der Waals surface area contributed by atoms with Crippen LogP contribution in [0.1, 0.15) is 161 Å². The van der Waals surface area contributed by atoms with Crippen molar-refractivity contribution >= 4 is 118 Å². The first-order valence-corrected chi connectivity index (χ1v) is 38.5. The minimum atomic E-state index is -1.98. The van der Waals surface area contributed by atoms with Gasteiger partial charge in [0.05, 0.1) is 38.5 Å². The minimum Gasteiger partial charge on any atom is -0.394 e. The maximum atomic E-state index is 14.9. The summed E-state index contributed by atoms with van der Waals surface area (Å²) < 4.78 is 0. The fourth-order valence-corrected chi connectivity index (χ4v) is 11.6. The molecule has 2 rings (SSSR count). The largest absolute Gasteiger partial charge is 0.394 e. The molecule has 0 spiro atoms. The fraction of sp³-hybridized carbons (Fsp3) is 0.706. The predicted octanol–water partition coefficient (Wildman–Crippen LogP) is -13.9. The van der Waals surface area contributed by atoms with E-state index in [0.29, 0.717) is 6.42 Å². The lowest BCUT2D eigenvalue weighted by Gasteiger charge is -2.28. The highest BCUT2D eigenvalue weighted by atomic mass is 16.3. The molecule has 2 heterocycles. The van der Waals surface area contributed by atoms with Crippen LogP contribution in [0.15, 0.2) is 9.98 Å². The number of carbonyl (C=O) groups excluding carboxylic acids is 18. The number of guanidine groups is 2. The first-order chi connectivity index (χ1) is 54.9. The zero-order valence-electron chi connectivity index (χ0n) is 65.4. The Morgan fingerprint density at radius 2 is 0.888 bits per heavy atom. The monoisotopic (exact) mass is 1650 g/mol. The predicted molar refractivity (Wildman–Crippen MR) is 416 cm³/mol. The molecule has 0 radical (unpaired) electrons. The molecule has 39 N–H and O–H groups in total. The number of rotatable bonds is 38. The van der Waals surface area contributed by atoms with Crippen molar-refractivity contribution in [3.8, 4) is 0 Å². The van der Waals surface area contributed by atoms with Gasteiger partial charge in [-0.25, -0.2) is 0 Å². The van der Waals surface area contributed by atoms with Crippen LogP contribution in [0.2, 0.25) is 0 Å². The van der Waals surface area contributed by atoms with Gasteiger partial charge in [-0.15, -0.1) is 0 Å². The minimum absolute atomic E-state index is 0.00481. The molecule has 0 saturated carbocycles. The number of aliphatic imine (C=N–C) groups is 2. The number of primary amides is 3. The number of nitrogens with one attached hydrogen (secondary N) is 15. The summed E-state index contributed by atoms with van der Waals surface area (Å²) in [6.07, 6.45) is -4.97. The molecule has 0 bridgehead atoms. The Bertz CT molecular complexity index is 3380. The number of aliphatic hydroxyl groups is 2. The van der Waals surface area contributed by atoms with Crippen LogP contribution in [0.3, 0.4) is 0 Å².